The van der Waals surface area contributed by atoms with Crippen LogP contribution in [0.25, 0.3) is 0 Å². The van der Waals surface area contributed by atoms with Crippen molar-refractivity contribution in [3.63, 3.8) is 0 Å². The highest BCUT2D eigenvalue weighted by Gasteiger charge is 2.27. The van der Waals surface area contributed by atoms with Crippen molar-refractivity contribution in [3.05, 3.63) is 59.1 Å². The molecule has 2 N–H and O–H groups in total. The highest BCUT2D eigenvalue weighted by Crippen LogP contribution is 2.28. The molecule has 2 rings (SSSR count). The normalized spacial score (nSPS) is 11.2. The summed E-state index contributed by atoms with van der Waals surface area (Å²) >= 11 is 6.04. The van der Waals surface area contributed by atoms with Gasteiger partial charge in [0.25, 0.3) is 10.0 Å². The van der Waals surface area contributed by atoms with Crippen LogP contribution in [0.3, 0.4) is 0 Å². The van der Waals surface area contributed by atoms with E-state index < -0.39 is 15.9 Å². The lowest BCUT2D eigenvalue weighted by Gasteiger charge is -2.25. The van der Waals surface area contributed by atoms with Crippen LogP contribution in [0.1, 0.15) is 12.0 Å². The monoisotopic (exact) mass is 352 g/mol. The standard InChI is InChI=1S/C16H17ClN2O3S/c1-12-14(17)8-5-9-15(12)23(21,22)19(11-10-16(18)20)13-6-3-2-4-7-13/h2-9H,10-11H2,1H3,(H2,18,20). The Morgan fingerprint density at radius 2 is 1.78 bits per heavy atom. The van der Waals surface area contributed by atoms with Gasteiger partial charge in [0.05, 0.1) is 10.6 Å². The van der Waals surface area contributed by atoms with E-state index in [1.165, 1.54) is 10.4 Å². The predicted octanol–water partition coefficient (Wildman–Crippen LogP) is 2.72. The Balaban J connectivity index is 2.53. The molecule has 0 bridgehead atoms. The number of halogens is 1. The largest absolute Gasteiger partial charge is 0.370 e. The molecule has 122 valence electrons. The minimum Gasteiger partial charge on any atom is -0.370 e. The number of para-hydroxylation sites is 1. The highest BCUT2D eigenvalue weighted by molar-refractivity contribution is 7.92. The number of anilines is 1. The van der Waals surface area contributed by atoms with E-state index in [2.05, 4.69) is 0 Å². The van der Waals surface area contributed by atoms with Crippen LogP contribution in [0.4, 0.5) is 5.69 Å². The fourth-order valence-corrected chi connectivity index (χ4v) is 4.13. The maximum atomic E-state index is 13.0. The number of hydrogen-bond donors (Lipinski definition) is 1. The molecule has 0 saturated heterocycles. The van der Waals surface area contributed by atoms with Crippen LogP contribution in [0.15, 0.2) is 53.4 Å². The summed E-state index contributed by atoms with van der Waals surface area (Å²) < 4.78 is 27.2. The second-order valence-corrected chi connectivity index (χ2v) is 7.23. The molecule has 2 aromatic carbocycles. The first-order valence-corrected chi connectivity index (χ1v) is 8.77. The number of benzene rings is 2. The fourth-order valence-electron chi connectivity index (χ4n) is 2.18. The molecule has 0 heterocycles. The Morgan fingerprint density at radius 3 is 2.39 bits per heavy atom. The van der Waals surface area contributed by atoms with Gasteiger partial charge in [-0.05, 0) is 36.8 Å². The Morgan fingerprint density at radius 1 is 1.13 bits per heavy atom. The maximum absolute atomic E-state index is 13.0. The van der Waals surface area contributed by atoms with Crippen LogP contribution >= 0.6 is 11.6 Å². The number of carbonyl (C=O) groups excluding carboxylic acids is 1. The van der Waals surface area contributed by atoms with Crippen LogP contribution < -0.4 is 10.0 Å². The van der Waals surface area contributed by atoms with Crippen molar-refractivity contribution in [3.8, 4) is 0 Å². The number of nitrogens with zero attached hydrogens (tertiary/aromatic N) is 1. The van der Waals surface area contributed by atoms with Crippen LogP contribution in [0.2, 0.25) is 5.02 Å². The van der Waals surface area contributed by atoms with Crippen LogP contribution in [0.5, 0.6) is 0 Å². The van der Waals surface area contributed by atoms with E-state index in [1.807, 2.05) is 0 Å². The fraction of sp³-hybridized carbons (Fsp3) is 0.188. The third-order valence-electron chi connectivity index (χ3n) is 3.39. The van der Waals surface area contributed by atoms with E-state index in [4.69, 9.17) is 17.3 Å². The zero-order valence-electron chi connectivity index (χ0n) is 12.6. The summed E-state index contributed by atoms with van der Waals surface area (Å²) in [5.74, 6) is -0.566. The van der Waals surface area contributed by atoms with Gasteiger partial charge in [0.15, 0.2) is 0 Å². The number of amides is 1. The van der Waals surface area contributed by atoms with Crippen molar-refractivity contribution in [1.82, 2.24) is 0 Å². The summed E-state index contributed by atoms with van der Waals surface area (Å²) in [7, 11) is -3.86. The summed E-state index contributed by atoms with van der Waals surface area (Å²) in [5, 5.41) is 0.369. The molecule has 2 aromatic rings. The first-order chi connectivity index (χ1) is 10.8. The lowest BCUT2D eigenvalue weighted by Crippen LogP contribution is -2.34. The van der Waals surface area contributed by atoms with E-state index in [0.717, 1.165) is 0 Å². The van der Waals surface area contributed by atoms with E-state index in [9.17, 15) is 13.2 Å². The second-order valence-electron chi connectivity index (χ2n) is 4.99. The Hall–Kier alpha value is -2.05. The maximum Gasteiger partial charge on any atom is 0.264 e. The van der Waals surface area contributed by atoms with Crippen molar-refractivity contribution >= 4 is 33.2 Å². The first-order valence-electron chi connectivity index (χ1n) is 6.95. The zero-order valence-corrected chi connectivity index (χ0v) is 14.1. The molecular weight excluding hydrogens is 336 g/mol. The summed E-state index contributed by atoms with van der Waals surface area (Å²) in [5.41, 5.74) is 6.11. The third-order valence-corrected chi connectivity index (χ3v) is 5.77. The molecule has 0 spiro atoms. The number of sulfonamides is 1. The van der Waals surface area contributed by atoms with Gasteiger partial charge in [-0.3, -0.25) is 9.10 Å². The average Bonchev–Trinajstić information content (AvgIpc) is 2.50. The highest BCUT2D eigenvalue weighted by atomic mass is 35.5. The third kappa shape index (κ3) is 3.83. The number of hydrogen-bond acceptors (Lipinski definition) is 3. The second kappa shape index (κ2) is 7.02. The Labute approximate surface area is 140 Å². The van der Waals surface area contributed by atoms with Gasteiger partial charge in [-0.25, -0.2) is 8.42 Å². The number of carbonyl (C=O) groups is 1. The van der Waals surface area contributed by atoms with Crippen molar-refractivity contribution in [1.29, 1.82) is 0 Å². The predicted molar refractivity (Wildman–Crippen MR) is 91.0 cm³/mol. The molecule has 0 aliphatic rings. The van der Waals surface area contributed by atoms with Gasteiger partial charge in [0.1, 0.15) is 0 Å². The lowest BCUT2D eigenvalue weighted by atomic mass is 10.2. The van der Waals surface area contributed by atoms with Gasteiger partial charge >= 0.3 is 0 Å². The quantitative estimate of drug-likeness (QED) is 0.867. The van der Waals surface area contributed by atoms with Gasteiger partial charge < -0.3 is 5.73 Å². The molecule has 0 saturated carbocycles. The zero-order chi connectivity index (χ0) is 17.0. The summed E-state index contributed by atoms with van der Waals surface area (Å²) in [6.07, 6.45) is -0.0757. The molecule has 0 fully saturated rings. The molecule has 0 radical (unpaired) electrons. The van der Waals surface area contributed by atoms with Crippen LogP contribution in [0, 0.1) is 6.92 Å². The minimum absolute atomic E-state index is 0.0341. The molecule has 1 amide bonds. The minimum atomic E-state index is -3.86. The number of nitrogens with two attached hydrogens (primary N) is 1. The van der Waals surface area contributed by atoms with Crippen molar-refractivity contribution in [2.24, 2.45) is 5.73 Å². The Bertz CT molecular complexity index is 807. The van der Waals surface area contributed by atoms with Crippen molar-refractivity contribution in [2.75, 3.05) is 10.8 Å². The van der Waals surface area contributed by atoms with Gasteiger partial charge in [-0.2, -0.15) is 0 Å². The van der Waals surface area contributed by atoms with Crippen LogP contribution in [-0.4, -0.2) is 20.9 Å². The van der Waals surface area contributed by atoms with Gasteiger partial charge in [0, 0.05) is 18.0 Å². The smallest absolute Gasteiger partial charge is 0.264 e. The molecular formula is C16H17ClN2O3S. The van der Waals surface area contributed by atoms with Crippen LogP contribution in [-0.2, 0) is 14.8 Å². The summed E-state index contributed by atoms with van der Waals surface area (Å²) in [6.45, 7) is 1.61. The molecule has 0 aliphatic carbocycles. The average molecular weight is 353 g/mol. The molecule has 5 nitrogen and oxygen atoms in total. The van der Waals surface area contributed by atoms with Gasteiger partial charge in [0.2, 0.25) is 5.91 Å². The van der Waals surface area contributed by atoms with Gasteiger partial charge in [-0.1, -0.05) is 35.9 Å². The van der Waals surface area contributed by atoms with E-state index in [0.29, 0.717) is 16.3 Å². The summed E-state index contributed by atoms with van der Waals surface area (Å²) in [4.78, 5) is 11.2. The molecule has 0 aliphatic heterocycles. The van der Waals surface area contributed by atoms with E-state index in [1.54, 1.807) is 49.4 Å². The molecule has 7 heteroatoms. The lowest BCUT2D eigenvalue weighted by molar-refractivity contribution is -0.117. The first kappa shape index (κ1) is 17.3. The number of rotatable bonds is 6. The molecule has 0 aromatic heterocycles. The number of primary amides is 1. The topological polar surface area (TPSA) is 80.5 Å². The van der Waals surface area contributed by atoms with Crippen molar-refractivity contribution in [2.45, 2.75) is 18.2 Å². The molecule has 23 heavy (non-hydrogen) atoms. The van der Waals surface area contributed by atoms with Gasteiger partial charge in [-0.15, -0.1) is 0 Å². The summed E-state index contributed by atoms with van der Waals surface area (Å²) in [6, 6.07) is 13.3. The Kier molecular flexibility index (Phi) is 5.28. The van der Waals surface area contributed by atoms with Crippen molar-refractivity contribution < 1.29 is 13.2 Å². The van der Waals surface area contributed by atoms with E-state index >= 15 is 0 Å². The molecule has 0 atom stereocenters. The van der Waals surface area contributed by atoms with E-state index in [-0.39, 0.29) is 17.9 Å². The SMILES string of the molecule is Cc1c(Cl)cccc1S(=O)(=O)N(CCC(N)=O)c1ccccc1. The molecule has 0 unspecified atom stereocenters.